The zero-order chi connectivity index (χ0) is 15.7. The maximum atomic E-state index is 13.4. The van der Waals surface area contributed by atoms with E-state index in [1.807, 2.05) is 0 Å². The van der Waals surface area contributed by atoms with Crippen molar-refractivity contribution < 1.29 is 23.5 Å². The van der Waals surface area contributed by atoms with Crippen molar-refractivity contribution in [2.24, 2.45) is 0 Å². The van der Waals surface area contributed by atoms with Gasteiger partial charge in [0.2, 0.25) is 5.91 Å². The van der Waals surface area contributed by atoms with Crippen molar-refractivity contribution in [3.05, 3.63) is 30.1 Å². The number of benzene rings is 1. The van der Waals surface area contributed by atoms with Crippen LogP contribution < -0.4 is 10.1 Å². The van der Waals surface area contributed by atoms with Crippen LogP contribution in [0.3, 0.4) is 0 Å². The van der Waals surface area contributed by atoms with Gasteiger partial charge in [-0.2, -0.15) is 0 Å². The van der Waals surface area contributed by atoms with E-state index in [1.165, 1.54) is 23.1 Å². The van der Waals surface area contributed by atoms with Gasteiger partial charge >= 0.3 is 6.03 Å². The van der Waals surface area contributed by atoms with Crippen molar-refractivity contribution in [3.8, 4) is 5.75 Å². The average molecular weight is 307 g/mol. The zero-order valence-electron chi connectivity index (χ0n) is 11.6. The van der Waals surface area contributed by atoms with Crippen LogP contribution in [0.15, 0.2) is 24.3 Å². The molecule has 0 spiro atoms. The summed E-state index contributed by atoms with van der Waals surface area (Å²) in [4.78, 5) is 37.5. The number of halogens is 1. The summed E-state index contributed by atoms with van der Waals surface area (Å²) >= 11 is 0. The molecule has 3 rings (SSSR count). The molecule has 0 aromatic heterocycles. The monoisotopic (exact) mass is 307 g/mol. The van der Waals surface area contributed by atoms with Crippen molar-refractivity contribution in [2.45, 2.75) is 6.04 Å². The first kappa shape index (κ1) is 14.3. The Balaban J connectivity index is 1.49. The highest BCUT2D eigenvalue weighted by Crippen LogP contribution is 2.19. The molecular weight excluding hydrogens is 293 g/mol. The number of rotatable bonds is 4. The molecular formula is C14H14FN3O4. The van der Waals surface area contributed by atoms with Crippen molar-refractivity contribution >= 4 is 17.8 Å². The number of carbonyl (C=O) groups is 3. The maximum Gasteiger partial charge on any atom is 0.324 e. The zero-order valence-corrected chi connectivity index (χ0v) is 11.6. The molecule has 2 fully saturated rings. The fourth-order valence-electron chi connectivity index (χ4n) is 2.42. The van der Waals surface area contributed by atoms with Crippen LogP contribution in [0.1, 0.15) is 0 Å². The Hall–Kier alpha value is -2.64. The van der Waals surface area contributed by atoms with Gasteiger partial charge in [0, 0.05) is 13.1 Å². The highest BCUT2D eigenvalue weighted by atomic mass is 19.1. The molecule has 116 valence electrons. The van der Waals surface area contributed by atoms with Gasteiger partial charge in [0.05, 0.1) is 12.6 Å². The van der Waals surface area contributed by atoms with Crippen LogP contribution in [0.2, 0.25) is 0 Å². The van der Waals surface area contributed by atoms with Crippen LogP contribution >= 0.6 is 0 Å². The number of nitrogens with zero attached hydrogens (tertiary/aromatic N) is 2. The molecule has 0 radical (unpaired) electrons. The number of hydrogen-bond acceptors (Lipinski definition) is 4. The minimum atomic E-state index is -0.531. The second kappa shape index (κ2) is 5.63. The minimum Gasteiger partial charge on any atom is -0.481 e. The summed E-state index contributed by atoms with van der Waals surface area (Å²) < 4.78 is 18.5. The van der Waals surface area contributed by atoms with E-state index in [1.54, 1.807) is 6.07 Å². The first-order chi connectivity index (χ1) is 10.6. The van der Waals surface area contributed by atoms with Gasteiger partial charge in [-0.3, -0.25) is 14.5 Å². The van der Waals surface area contributed by atoms with E-state index in [0.717, 1.165) is 4.90 Å². The number of ether oxygens (including phenoxy) is 1. The molecule has 0 unspecified atom stereocenters. The molecule has 8 heteroatoms. The van der Waals surface area contributed by atoms with Crippen LogP contribution in [0.5, 0.6) is 5.75 Å². The summed E-state index contributed by atoms with van der Waals surface area (Å²) in [6, 6.07) is 5.10. The molecule has 2 heterocycles. The van der Waals surface area contributed by atoms with Crippen LogP contribution in [0.25, 0.3) is 0 Å². The highest BCUT2D eigenvalue weighted by molar-refractivity contribution is 6.02. The van der Waals surface area contributed by atoms with Crippen LogP contribution in [-0.4, -0.2) is 59.9 Å². The first-order valence-electron chi connectivity index (χ1n) is 6.81. The summed E-state index contributed by atoms with van der Waals surface area (Å²) in [5.74, 6) is -1.12. The smallest absolute Gasteiger partial charge is 0.324 e. The predicted molar refractivity (Wildman–Crippen MR) is 72.5 cm³/mol. The van der Waals surface area contributed by atoms with E-state index in [0.29, 0.717) is 0 Å². The van der Waals surface area contributed by atoms with Gasteiger partial charge in [0.1, 0.15) is 0 Å². The summed E-state index contributed by atoms with van der Waals surface area (Å²) in [5.41, 5.74) is 0. The SMILES string of the molecule is O=C(COc1ccccc1F)N1CC(N2C(=O)CNC2=O)C1. The third kappa shape index (κ3) is 2.59. The first-order valence-corrected chi connectivity index (χ1v) is 6.81. The van der Waals surface area contributed by atoms with Crippen LogP contribution in [0, 0.1) is 5.82 Å². The Morgan fingerprint density at radius 2 is 2.05 bits per heavy atom. The molecule has 0 bridgehead atoms. The number of carbonyl (C=O) groups excluding carboxylic acids is 3. The van der Waals surface area contributed by atoms with Gasteiger partial charge in [-0.1, -0.05) is 12.1 Å². The van der Waals surface area contributed by atoms with Gasteiger partial charge < -0.3 is 15.0 Å². The van der Waals surface area contributed by atoms with Crippen LogP contribution in [-0.2, 0) is 9.59 Å². The number of nitrogens with one attached hydrogen (secondary N) is 1. The molecule has 1 aromatic carbocycles. The molecule has 2 aliphatic heterocycles. The fraction of sp³-hybridized carbons (Fsp3) is 0.357. The van der Waals surface area contributed by atoms with Gasteiger partial charge in [-0.25, -0.2) is 9.18 Å². The molecule has 0 aliphatic carbocycles. The summed E-state index contributed by atoms with van der Waals surface area (Å²) in [5, 5.41) is 2.43. The van der Waals surface area contributed by atoms with E-state index < -0.39 is 11.8 Å². The maximum absolute atomic E-state index is 13.4. The Morgan fingerprint density at radius 3 is 2.68 bits per heavy atom. The van der Waals surface area contributed by atoms with Gasteiger partial charge in [-0.15, -0.1) is 0 Å². The highest BCUT2D eigenvalue weighted by Gasteiger charge is 2.42. The quantitative estimate of drug-likeness (QED) is 0.792. The number of hydrogen-bond donors (Lipinski definition) is 1. The lowest BCUT2D eigenvalue weighted by Gasteiger charge is -2.42. The molecule has 2 saturated heterocycles. The number of para-hydroxylation sites is 1. The Kier molecular flexibility index (Phi) is 3.66. The molecule has 1 N–H and O–H groups in total. The van der Waals surface area contributed by atoms with Crippen molar-refractivity contribution in [3.63, 3.8) is 0 Å². The van der Waals surface area contributed by atoms with Crippen molar-refractivity contribution in [1.82, 2.24) is 15.1 Å². The molecule has 4 amide bonds. The molecule has 2 aliphatic rings. The third-order valence-corrected chi connectivity index (χ3v) is 3.65. The minimum absolute atomic E-state index is 0.000323. The lowest BCUT2D eigenvalue weighted by atomic mass is 10.1. The predicted octanol–water partition coefficient (Wildman–Crippen LogP) is -0.0329. The molecule has 7 nitrogen and oxygen atoms in total. The molecule has 22 heavy (non-hydrogen) atoms. The van der Waals surface area contributed by atoms with E-state index in [-0.39, 0.29) is 49.8 Å². The molecule has 0 atom stereocenters. The number of likely N-dealkylation sites (tertiary alicyclic amines) is 1. The lowest BCUT2D eigenvalue weighted by Crippen LogP contribution is -2.63. The lowest BCUT2D eigenvalue weighted by molar-refractivity contribution is -0.143. The van der Waals surface area contributed by atoms with Crippen molar-refractivity contribution in [1.29, 1.82) is 0 Å². The standard InChI is InChI=1S/C14H14FN3O4/c15-10-3-1-2-4-11(10)22-8-13(20)17-6-9(7-17)18-12(19)5-16-14(18)21/h1-4,9H,5-8H2,(H,16,21). The van der Waals surface area contributed by atoms with E-state index in [4.69, 9.17) is 4.74 Å². The van der Waals surface area contributed by atoms with E-state index >= 15 is 0 Å². The third-order valence-electron chi connectivity index (χ3n) is 3.65. The summed E-state index contributed by atoms with van der Waals surface area (Å²) in [6.07, 6.45) is 0. The average Bonchev–Trinajstić information content (AvgIpc) is 2.77. The second-order valence-electron chi connectivity index (χ2n) is 5.09. The van der Waals surface area contributed by atoms with Gasteiger partial charge in [0.15, 0.2) is 18.2 Å². The normalized spacial score (nSPS) is 18.2. The van der Waals surface area contributed by atoms with Gasteiger partial charge in [-0.05, 0) is 12.1 Å². The Morgan fingerprint density at radius 1 is 1.32 bits per heavy atom. The topological polar surface area (TPSA) is 79.0 Å². The van der Waals surface area contributed by atoms with Crippen molar-refractivity contribution in [2.75, 3.05) is 26.2 Å². The number of amides is 4. The number of imide groups is 1. The summed E-state index contributed by atoms with van der Waals surface area (Å²) in [7, 11) is 0. The second-order valence-corrected chi connectivity index (χ2v) is 5.09. The largest absolute Gasteiger partial charge is 0.481 e. The molecule has 1 aromatic rings. The Bertz CT molecular complexity index is 614. The van der Waals surface area contributed by atoms with Gasteiger partial charge in [0.25, 0.3) is 5.91 Å². The van der Waals surface area contributed by atoms with E-state index in [9.17, 15) is 18.8 Å². The molecule has 0 saturated carbocycles. The number of urea groups is 1. The summed E-state index contributed by atoms with van der Waals surface area (Å²) in [6.45, 7) is 0.269. The van der Waals surface area contributed by atoms with E-state index in [2.05, 4.69) is 5.32 Å². The Labute approximate surface area is 125 Å². The fourth-order valence-corrected chi connectivity index (χ4v) is 2.42. The van der Waals surface area contributed by atoms with Crippen LogP contribution in [0.4, 0.5) is 9.18 Å².